The maximum Gasteiger partial charge on any atom is 0.205 e. The lowest BCUT2D eigenvalue weighted by molar-refractivity contribution is 0.0867. The summed E-state index contributed by atoms with van der Waals surface area (Å²) in [6.45, 7) is 11.1. The second kappa shape index (κ2) is 5.77. The highest BCUT2D eigenvalue weighted by atomic mass is 127. The van der Waals surface area contributed by atoms with Crippen LogP contribution in [0.3, 0.4) is 0 Å². The minimum absolute atomic E-state index is 0.0866. The van der Waals surface area contributed by atoms with Gasteiger partial charge in [0.15, 0.2) is 0 Å². The summed E-state index contributed by atoms with van der Waals surface area (Å²) in [6, 6.07) is 6.57. The molecule has 20 heavy (non-hydrogen) atoms. The number of benzene rings is 1. The minimum atomic E-state index is -0.743. The molecule has 1 radical (unpaired) electrons. The van der Waals surface area contributed by atoms with E-state index in [9.17, 15) is 0 Å². The molecule has 109 valence electrons. The van der Waals surface area contributed by atoms with Crippen LogP contribution in [0.2, 0.25) is 13.1 Å². The summed E-state index contributed by atoms with van der Waals surface area (Å²) in [5, 5.41) is 5.70. The van der Waals surface area contributed by atoms with Crippen LogP contribution in [-0.2, 0) is 11.5 Å². The van der Waals surface area contributed by atoms with Crippen molar-refractivity contribution in [2.75, 3.05) is 0 Å². The summed E-state index contributed by atoms with van der Waals surface area (Å²) in [6.07, 6.45) is 0.131. The van der Waals surface area contributed by atoms with Gasteiger partial charge < -0.3 is 4.43 Å². The fourth-order valence-corrected chi connectivity index (χ4v) is 4.10. The molecule has 1 unspecified atom stereocenters. The van der Waals surface area contributed by atoms with Crippen molar-refractivity contribution in [1.29, 1.82) is 0 Å². The molecule has 3 nitrogen and oxygen atoms in total. The largest absolute Gasteiger partial charge is 0.410 e. The number of hydrogen-bond donors (Lipinski definition) is 0. The van der Waals surface area contributed by atoms with Gasteiger partial charge in [-0.3, -0.25) is 4.68 Å². The van der Waals surface area contributed by atoms with Gasteiger partial charge in [-0.1, -0.05) is 26.8 Å². The molecule has 0 amide bonds. The smallest absolute Gasteiger partial charge is 0.205 e. The van der Waals surface area contributed by atoms with E-state index in [0.29, 0.717) is 0 Å². The Morgan fingerprint density at radius 3 is 2.50 bits per heavy atom. The first-order valence-corrected chi connectivity index (χ1v) is 10.3. The summed E-state index contributed by atoms with van der Waals surface area (Å²) in [7, 11) is 1.24. The Morgan fingerprint density at radius 1 is 1.30 bits per heavy atom. The molecule has 1 heterocycles. The monoisotopic (exact) mass is 401 g/mol. The molecular weight excluding hydrogens is 379 g/mol. The van der Waals surface area contributed by atoms with E-state index < -0.39 is 9.04 Å². The van der Waals surface area contributed by atoms with Gasteiger partial charge in [0.05, 0.1) is 11.6 Å². The van der Waals surface area contributed by atoms with Gasteiger partial charge in [0.25, 0.3) is 0 Å². The Kier molecular flexibility index (Phi) is 4.61. The summed E-state index contributed by atoms with van der Waals surface area (Å²) < 4.78 is 9.25. The SMILES string of the molecule is Cn1nc(I)c2cc(C(O[Si](C)C)C(C)(C)C)ccc21. The summed E-state index contributed by atoms with van der Waals surface area (Å²) in [5.41, 5.74) is 2.51. The number of fused-ring (bicyclic) bond motifs is 1. The first-order chi connectivity index (χ1) is 9.20. The van der Waals surface area contributed by atoms with Crippen molar-refractivity contribution in [3.05, 3.63) is 27.5 Å². The lowest BCUT2D eigenvalue weighted by Gasteiger charge is -2.32. The Bertz CT molecular complexity index is 616. The van der Waals surface area contributed by atoms with E-state index in [1.807, 2.05) is 11.7 Å². The summed E-state index contributed by atoms with van der Waals surface area (Å²) >= 11 is 2.30. The van der Waals surface area contributed by atoms with Crippen LogP contribution in [-0.4, -0.2) is 18.8 Å². The predicted octanol–water partition coefficient (Wildman–Crippen LogP) is 4.53. The minimum Gasteiger partial charge on any atom is -0.410 e. The molecule has 1 aromatic heterocycles. The van der Waals surface area contributed by atoms with Crippen LogP contribution in [0.1, 0.15) is 32.4 Å². The standard InChI is InChI=1S/C15H22IN2OSi/c1-15(2,3)13(19-20(5)6)10-7-8-12-11(9-10)14(16)17-18(12)4/h7-9,13H,1-6H3. The first-order valence-electron chi connectivity index (χ1n) is 6.79. The van der Waals surface area contributed by atoms with Crippen molar-refractivity contribution >= 4 is 42.5 Å². The van der Waals surface area contributed by atoms with Crippen molar-refractivity contribution < 1.29 is 4.43 Å². The highest BCUT2D eigenvalue weighted by molar-refractivity contribution is 14.1. The van der Waals surface area contributed by atoms with Crippen molar-refractivity contribution in [2.45, 2.75) is 40.0 Å². The average Bonchev–Trinajstić information content (AvgIpc) is 2.60. The van der Waals surface area contributed by atoms with Crippen molar-refractivity contribution in [1.82, 2.24) is 9.78 Å². The molecular formula is C15H22IN2OSi. The van der Waals surface area contributed by atoms with Crippen LogP contribution in [0.25, 0.3) is 10.9 Å². The van der Waals surface area contributed by atoms with E-state index >= 15 is 0 Å². The fraction of sp³-hybridized carbons (Fsp3) is 0.533. The Hall–Kier alpha value is -0.403. The van der Waals surface area contributed by atoms with Crippen molar-refractivity contribution in [3.63, 3.8) is 0 Å². The van der Waals surface area contributed by atoms with Gasteiger partial charge in [-0.25, -0.2) is 0 Å². The molecule has 0 spiro atoms. The Morgan fingerprint density at radius 2 is 1.95 bits per heavy atom. The molecule has 0 saturated heterocycles. The molecule has 0 bridgehead atoms. The molecule has 0 fully saturated rings. The van der Waals surface area contributed by atoms with Crippen LogP contribution in [0, 0.1) is 9.12 Å². The second-order valence-corrected chi connectivity index (χ2v) is 9.54. The number of hydrogen-bond acceptors (Lipinski definition) is 2. The van der Waals surface area contributed by atoms with E-state index in [1.54, 1.807) is 0 Å². The molecule has 5 heteroatoms. The molecule has 0 aliphatic heterocycles. The lowest BCUT2D eigenvalue weighted by Crippen LogP contribution is -2.25. The van der Waals surface area contributed by atoms with Gasteiger partial charge in [-0.15, -0.1) is 0 Å². The maximum absolute atomic E-state index is 6.27. The highest BCUT2D eigenvalue weighted by Crippen LogP contribution is 2.38. The van der Waals surface area contributed by atoms with Gasteiger partial charge in [0, 0.05) is 12.4 Å². The van der Waals surface area contributed by atoms with Crippen LogP contribution in [0.5, 0.6) is 0 Å². The predicted molar refractivity (Wildman–Crippen MR) is 94.2 cm³/mol. The number of aryl methyl sites for hydroxylation is 1. The van der Waals surface area contributed by atoms with E-state index in [4.69, 9.17) is 4.43 Å². The number of nitrogens with zero attached hydrogens (tertiary/aromatic N) is 2. The third-order valence-electron chi connectivity index (χ3n) is 3.27. The third-order valence-corrected chi connectivity index (χ3v) is 4.78. The average molecular weight is 401 g/mol. The van der Waals surface area contributed by atoms with Crippen LogP contribution >= 0.6 is 22.6 Å². The van der Waals surface area contributed by atoms with Gasteiger partial charge in [0.2, 0.25) is 9.04 Å². The van der Waals surface area contributed by atoms with Crippen LogP contribution in [0.4, 0.5) is 0 Å². The van der Waals surface area contributed by atoms with Crippen molar-refractivity contribution in [3.8, 4) is 0 Å². The molecule has 2 aromatic rings. The normalized spacial score (nSPS) is 14.2. The zero-order valence-corrected chi connectivity index (χ0v) is 16.1. The molecule has 0 saturated carbocycles. The fourth-order valence-electron chi connectivity index (χ4n) is 2.38. The van der Waals surface area contributed by atoms with Gasteiger partial charge in [-0.2, -0.15) is 5.10 Å². The number of rotatable bonds is 3. The van der Waals surface area contributed by atoms with Gasteiger partial charge in [-0.05, 0) is 58.8 Å². The van der Waals surface area contributed by atoms with Crippen LogP contribution < -0.4 is 0 Å². The highest BCUT2D eigenvalue weighted by Gasteiger charge is 2.28. The first kappa shape index (κ1) is 16.0. The number of halogens is 1. The van der Waals surface area contributed by atoms with E-state index in [1.165, 1.54) is 16.5 Å². The zero-order valence-electron chi connectivity index (χ0n) is 13.0. The van der Waals surface area contributed by atoms with E-state index in [-0.39, 0.29) is 11.5 Å². The van der Waals surface area contributed by atoms with E-state index in [2.05, 4.69) is 79.8 Å². The van der Waals surface area contributed by atoms with Crippen LogP contribution in [0.15, 0.2) is 18.2 Å². The molecule has 2 rings (SSSR count). The molecule has 0 N–H and O–H groups in total. The third kappa shape index (κ3) is 3.25. The Labute approximate surface area is 136 Å². The topological polar surface area (TPSA) is 27.1 Å². The van der Waals surface area contributed by atoms with Gasteiger partial charge in [0.1, 0.15) is 3.70 Å². The molecule has 0 aliphatic rings. The van der Waals surface area contributed by atoms with Crippen molar-refractivity contribution in [2.24, 2.45) is 12.5 Å². The molecule has 0 aliphatic carbocycles. The zero-order chi connectivity index (χ0) is 15.1. The van der Waals surface area contributed by atoms with E-state index in [0.717, 1.165) is 3.70 Å². The second-order valence-electron chi connectivity index (χ2n) is 6.46. The summed E-state index contributed by atoms with van der Waals surface area (Å²) in [4.78, 5) is 0. The summed E-state index contributed by atoms with van der Waals surface area (Å²) in [5.74, 6) is 0. The number of aromatic nitrogens is 2. The maximum atomic E-state index is 6.27. The Balaban J connectivity index is 2.51. The molecule has 1 aromatic carbocycles. The molecule has 1 atom stereocenters. The van der Waals surface area contributed by atoms with Gasteiger partial charge >= 0.3 is 0 Å². The lowest BCUT2D eigenvalue weighted by atomic mass is 9.84. The quantitative estimate of drug-likeness (QED) is 0.558.